The number of aryl methyl sites for hydroxylation is 1. The minimum absolute atomic E-state index is 0.170. The maximum Gasteiger partial charge on any atom is 0.159 e. The predicted octanol–water partition coefficient (Wildman–Crippen LogP) is 2.96. The van der Waals surface area contributed by atoms with Crippen LogP contribution in [0.2, 0.25) is 0 Å². The van der Waals surface area contributed by atoms with Crippen LogP contribution < -0.4 is 0 Å². The third-order valence-corrected chi connectivity index (χ3v) is 3.94. The summed E-state index contributed by atoms with van der Waals surface area (Å²) in [7, 11) is 0. The first-order valence-corrected chi connectivity index (χ1v) is 7.40. The van der Waals surface area contributed by atoms with E-state index in [1.807, 2.05) is 23.6 Å². The Balaban J connectivity index is 2.02. The van der Waals surface area contributed by atoms with Crippen molar-refractivity contribution in [3.8, 4) is 11.4 Å². The molecule has 0 spiro atoms. The molecular formula is C17H11ClN4O. The predicted molar refractivity (Wildman–Crippen MR) is 87.0 cm³/mol. The van der Waals surface area contributed by atoms with Gasteiger partial charge in [0.1, 0.15) is 18.1 Å². The van der Waals surface area contributed by atoms with Gasteiger partial charge in [-0.2, -0.15) is 0 Å². The summed E-state index contributed by atoms with van der Waals surface area (Å²) in [6.07, 6.45) is 3.58. The van der Waals surface area contributed by atoms with Gasteiger partial charge < -0.3 is 5.11 Å². The quantitative estimate of drug-likeness (QED) is 0.821. The Morgan fingerprint density at radius 1 is 1.22 bits per heavy atom. The van der Waals surface area contributed by atoms with Gasteiger partial charge in [0.2, 0.25) is 0 Å². The van der Waals surface area contributed by atoms with Gasteiger partial charge in [-0.05, 0) is 43.0 Å². The zero-order valence-electron chi connectivity index (χ0n) is 12.2. The molecule has 2 heterocycles. The standard InChI is InChI=1S/C17H11ClN4O/c1-10-20-21-16-9-19-17(11-2-4-12(18)5-3-11)14-8-13(23)6-7-15(14)22(10)16/h2,4,6-8,23H,9H2,1H3. The van der Waals surface area contributed by atoms with Crippen LogP contribution in [0.1, 0.15) is 17.2 Å². The highest BCUT2D eigenvalue weighted by atomic mass is 35.5. The van der Waals surface area contributed by atoms with E-state index in [0.717, 1.165) is 28.5 Å². The number of phenols is 1. The highest BCUT2D eigenvalue weighted by Gasteiger charge is 2.22. The molecule has 0 bridgehead atoms. The van der Waals surface area contributed by atoms with Gasteiger partial charge in [-0.1, -0.05) is 17.3 Å². The van der Waals surface area contributed by atoms with Gasteiger partial charge in [0, 0.05) is 5.56 Å². The molecular weight excluding hydrogens is 312 g/mol. The normalized spacial score (nSPS) is 15.3. The molecule has 2 aliphatic rings. The summed E-state index contributed by atoms with van der Waals surface area (Å²) in [5.41, 5.74) is 9.01. The average Bonchev–Trinajstić information content (AvgIpc) is 2.82. The van der Waals surface area contributed by atoms with Crippen LogP contribution >= 0.6 is 11.6 Å². The molecule has 1 aliphatic carbocycles. The van der Waals surface area contributed by atoms with Crippen LogP contribution in [0, 0.1) is 6.92 Å². The fraction of sp³-hybridized carbons (Fsp3) is 0.118. The first-order valence-electron chi connectivity index (χ1n) is 7.02. The molecule has 2 aromatic rings. The lowest BCUT2D eigenvalue weighted by molar-refractivity contribution is 0.475. The van der Waals surface area contributed by atoms with E-state index in [9.17, 15) is 5.11 Å². The third-order valence-electron chi connectivity index (χ3n) is 3.71. The van der Waals surface area contributed by atoms with Crippen molar-refractivity contribution in [1.29, 1.82) is 0 Å². The molecule has 0 saturated heterocycles. The molecule has 0 saturated carbocycles. The monoisotopic (exact) mass is 322 g/mol. The highest BCUT2D eigenvalue weighted by molar-refractivity contribution is 6.31. The SMILES string of the molecule is Cc1nnc2n1-c1ccc(O)cc1C(C1=C=C=C(Cl)C=C1)=NC2. The molecule has 1 aliphatic heterocycles. The minimum Gasteiger partial charge on any atom is -0.508 e. The number of rotatable bonds is 1. The van der Waals surface area contributed by atoms with E-state index in [0.29, 0.717) is 17.3 Å². The summed E-state index contributed by atoms with van der Waals surface area (Å²) in [6, 6.07) is 5.17. The zero-order valence-corrected chi connectivity index (χ0v) is 13.0. The lowest BCUT2D eigenvalue weighted by Gasteiger charge is -2.12. The number of fused-ring (bicyclic) bond motifs is 3. The number of aliphatic imine (C=N–C) groups is 1. The van der Waals surface area contributed by atoms with E-state index < -0.39 is 0 Å². The largest absolute Gasteiger partial charge is 0.508 e. The molecule has 0 radical (unpaired) electrons. The van der Waals surface area contributed by atoms with E-state index in [-0.39, 0.29) is 5.75 Å². The number of phenolic OH excluding ortho intramolecular Hbond substituents is 1. The van der Waals surface area contributed by atoms with E-state index >= 15 is 0 Å². The van der Waals surface area contributed by atoms with Crippen molar-refractivity contribution >= 4 is 17.3 Å². The lowest BCUT2D eigenvalue weighted by atomic mass is 9.99. The summed E-state index contributed by atoms with van der Waals surface area (Å²) in [5.74, 6) is 1.70. The second kappa shape index (κ2) is 5.11. The molecule has 0 fully saturated rings. The topological polar surface area (TPSA) is 63.3 Å². The lowest BCUT2D eigenvalue weighted by Crippen LogP contribution is -2.08. The Bertz CT molecular complexity index is 1000. The molecule has 0 atom stereocenters. The Hall–Kier alpha value is -2.84. The number of halogens is 1. The number of hydrogen-bond acceptors (Lipinski definition) is 4. The van der Waals surface area contributed by atoms with Crippen LogP contribution in [0.15, 0.2) is 57.4 Å². The van der Waals surface area contributed by atoms with Crippen molar-refractivity contribution in [3.63, 3.8) is 0 Å². The van der Waals surface area contributed by atoms with Crippen molar-refractivity contribution < 1.29 is 5.11 Å². The van der Waals surface area contributed by atoms with Gasteiger partial charge in [-0.25, -0.2) is 0 Å². The Kier molecular flexibility index (Phi) is 3.07. The highest BCUT2D eigenvalue weighted by Crippen LogP contribution is 2.29. The molecule has 4 rings (SSSR count). The van der Waals surface area contributed by atoms with Crippen molar-refractivity contribution in [1.82, 2.24) is 14.8 Å². The van der Waals surface area contributed by atoms with Gasteiger partial charge in [0.25, 0.3) is 0 Å². The fourth-order valence-corrected chi connectivity index (χ4v) is 2.81. The first kappa shape index (κ1) is 13.8. The summed E-state index contributed by atoms with van der Waals surface area (Å²) in [6.45, 7) is 2.28. The van der Waals surface area contributed by atoms with Crippen LogP contribution in [0.5, 0.6) is 5.75 Å². The van der Waals surface area contributed by atoms with Gasteiger partial charge in [0.15, 0.2) is 5.82 Å². The Labute approximate surface area is 137 Å². The summed E-state index contributed by atoms with van der Waals surface area (Å²) < 4.78 is 1.95. The van der Waals surface area contributed by atoms with Gasteiger partial charge in [-0.3, -0.25) is 9.56 Å². The molecule has 5 nitrogen and oxygen atoms in total. The maximum atomic E-state index is 9.92. The Morgan fingerprint density at radius 2 is 2.09 bits per heavy atom. The smallest absolute Gasteiger partial charge is 0.159 e. The van der Waals surface area contributed by atoms with Crippen LogP contribution in [-0.2, 0) is 6.54 Å². The van der Waals surface area contributed by atoms with Crippen LogP contribution in [0.4, 0.5) is 0 Å². The molecule has 0 amide bonds. The number of benzene rings is 1. The number of aromatic nitrogens is 3. The number of nitrogens with zero attached hydrogens (tertiary/aromatic N) is 4. The summed E-state index contributed by atoms with van der Waals surface area (Å²) >= 11 is 5.90. The average molecular weight is 323 g/mol. The number of aromatic hydroxyl groups is 1. The van der Waals surface area contributed by atoms with Crippen molar-refractivity contribution in [2.45, 2.75) is 13.5 Å². The minimum atomic E-state index is 0.170. The molecule has 6 heteroatoms. The molecule has 1 N–H and O–H groups in total. The maximum absolute atomic E-state index is 9.92. The van der Waals surface area contributed by atoms with Crippen molar-refractivity contribution in [2.24, 2.45) is 4.99 Å². The van der Waals surface area contributed by atoms with Crippen LogP contribution in [0.25, 0.3) is 5.69 Å². The van der Waals surface area contributed by atoms with Gasteiger partial charge in [0.05, 0.1) is 22.0 Å². The van der Waals surface area contributed by atoms with Crippen LogP contribution in [-0.4, -0.2) is 25.6 Å². The van der Waals surface area contributed by atoms with Gasteiger partial charge in [-0.15, -0.1) is 10.2 Å². The summed E-state index contributed by atoms with van der Waals surface area (Å²) in [5, 5.41) is 18.7. The van der Waals surface area contributed by atoms with Crippen molar-refractivity contribution in [3.05, 3.63) is 69.6 Å². The number of hydrogen-bond donors (Lipinski definition) is 1. The fourth-order valence-electron chi connectivity index (χ4n) is 2.70. The van der Waals surface area contributed by atoms with Crippen molar-refractivity contribution in [2.75, 3.05) is 0 Å². The second-order valence-corrected chi connectivity index (χ2v) is 5.62. The molecule has 1 aromatic heterocycles. The second-order valence-electron chi connectivity index (χ2n) is 5.21. The molecule has 112 valence electrons. The van der Waals surface area contributed by atoms with Gasteiger partial charge >= 0.3 is 0 Å². The molecule has 1 aromatic carbocycles. The van der Waals surface area contributed by atoms with E-state index in [2.05, 4.69) is 26.7 Å². The van der Waals surface area contributed by atoms with E-state index in [1.54, 1.807) is 18.2 Å². The van der Waals surface area contributed by atoms with E-state index in [1.165, 1.54) is 0 Å². The van der Waals surface area contributed by atoms with E-state index in [4.69, 9.17) is 11.6 Å². The third kappa shape index (κ3) is 2.24. The zero-order chi connectivity index (χ0) is 16.0. The summed E-state index contributed by atoms with van der Waals surface area (Å²) in [4.78, 5) is 4.65. The molecule has 23 heavy (non-hydrogen) atoms. The first-order chi connectivity index (χ1) is 11.1. The van der Waals surface area contributed by atoms with Crippen LogP contribution in [0.3, 0.4) is 0 Å². The number of allylic oxidation sites excluding steroid dienone is 4. The Morgan fingerprint density at radius 3 is 2.87 bits per heavy atom. The molecule has 0 unspecified atom stereocenters.